The largest absolute Gasteiger partial charge is 0.390 e. The van der Waals surface area contributed by atoms with Crippen molar-refractivity contribution in [3.63, 3.8) is 0 Å². The second-order valence-corrected chi connectivity index (χ2v) is 11.4. The normalized spacial score (nSPS) is 16.4. The lowest BCUT2D eigenvalue weighted by atomic mass is 9.95. The molecule has 1 heterocycles. The summed E-state index contributed by atoms with van der Waals surface area (Å²) in [6.45, 7) is 0.365. The first-order valence-corrected chi connectivity index (χ1v) is 13.7. The lowest BCUT2D eigenvalue weighted by molar-refractivity contribution is 0.109. The van der Waals surface area contributed by atoms with Crippen molar-refractivity contribution >= 4 is 43.4 Å². The monoisotopic (exact) mass is 496 g/mol. The molecule has 1 saturated carbocycles. The minimum atomic E-state index is -3.77. The summed E-state index contributed by atoms with van der Waals surface area (Å²) >= 11 is 6.00. The summed E-state index contributed by atoms with van der Waals surface area (Å²) in [6.07, 6.45) is 3.89. The first-order chi connectivity index (χ1) is 16.4. The molecule has 5 nitrogen and oxygen atoms in total. The van der Waals surface area contributed by atoms with Crippen LogP contribution in [0, 0.1) is 0 Å². The summed E-state index contributed by atoms with van der Waals surface area (Å²) in [5.41, 5.74) is 2.07. The van der Waals surface area contributed by atoms with Crippen molar-refractivity contribution in [3.05, 3.63) is 77.8 Å². The molecule has 34 heavy (non-hydrogen) atoms. The number of hydrogen-bond donors (Lipinski definition) is 1. The van der Waals surface area contributed by atoms with E-state index < -0.39 is 16.1 Å². The number of benzene rings is 3. The number of aliphatic hydroxyl groups is 1. The Morgan fingerprint density at radius 2 is 1.44 bits per heavy atom. The standard InChI is InChI=1S/C27H29ClN2O3S/c28-20-14-16-23(17-15-20)34(32,33)30(21-8-2-1-3-9-21)19-22(31)18-29-26-12-6-4-10-24(26)25-11-5-7-13-27(25)29/h4-7,10-17,21-22,31H,1-3,8-9,18-19H2. The average Bonchev–Trinajstić information content (AvgIpc) is 3.17. The van der Waals surface area contributed by atoms with Gasteiger partial charge < -0.3 is 9.67 Å². The molecule has 0 amide bonds. The molecule has 1 aliphatic rings. The van der Waals surface area contributed by atoms with Crippen LogP contribution in [-0.4, -0.2) is 41.1 Å². The van der Waals surface area contributed by atoms with Gasteiger partial charge in [-0.2, -0.15) is 4.31 Å². The molecule has 1 unspecified atom stereocenters. The molecule has 1 atom stereocenters. The number of aromatic nitrogens is 1. The van der Waals surface area contributed by atoms with Gasteiger partial charge in [0.25, 0.3) is 0 Å². The number of hydrogen-bond acceptors (Lipinski definition) is 3. The molecule has 7 heteroatoms. The van der Waals surface area contributed by atoms with Crippen molar-refractivity contribution < 1.29 is 13.5 Å². The van der Waals surface area contributed by atoms with E-state index in [1.165, 1.54) is 4.31 Å². The number of aliphatic hydroxyl groups excluding tert-OH is 1. The lowest BCUT2D eigenvalue weighted by Crippen LogP contribution is -2.46. The van der Waals surface area contributed by atoms with Gasteiger partial charge in [-0.05, 0) is 49.2 Å². The zero-order valence-corrected chi connectivity index (χ0v) is 20.5. The zero-order chi connectivity index (χ0) is 23.7. The van der Waals surface area contributed by atoms with Crippen LogP contribution in [0.1, 0.15) is 32.1 Å². The maximum absolute atomic E-state index is 13.7. The van der Waals surface area contributed by atoms with Crippen LogP contribution < -0.4 is 0 Å². The summed E-state index contributed by atoms with van der Waals surface area (Å²) in [6, 6.07) is 22.5. The SMILES string of the molecule is O=S(=O)(c1ccc(Cl)cc1)N(CC(O)Cn1c2ccccc2c2ccccc21)C1CCCCC1. The number of fused-ring (bicyclic) bond motifs is 3. The van der Waals surface area contributed by atoms with Gasteiger partial charge in [0.1, 0.15) is 0 Å². The Morgan fingerprint density at radius 1 is 0.882 bits per heavy atom. The van der Waals surface area contributed by atoms with E-state index in [1.807, 2.05) is 36.4 Å². The minimum absolute atomic E-state index is 0.0520. The van der Waals surface area contributed by atoms with Crippen LogP contribution in [0.4, 0.5) is 0 Å². The Bertz CT molecular complexity index is 1340. The van der Waals surface area contributed by atoms with E-state index in [0.717, 1.165) is 53.9 Å². The van der Waals surface area contributed by atoms with Gasteiger partial charge in [0.15, 0.2) is 0 Å². The molecule has 0 spiro atoms. The third kappa shape index (κ3) is 4.48. The van der Waals surface area contributed by atoms with E-state index in [1.54, 1.807) is 24.3 Å². The van der Waals surface area contributed by atoms with E-state index >= 15 is 0 Å². The van der Waals surface area contributed by atoms with Gasteiger partial charge in [0, 0.05) is 39.4 Å². The smallest absolute Gasteiger partial charge is 0.243 e. The Kier molecular flexibility index (Phi) is 6.67. The number of sulfonamides is 1. The van der Waals surface area contributed by atoms with Crippen LogP contribution in [-0.2, 0) is 16.6 Å². The molecule has 0 aliphatic heterocycles. The van der Waals surface area contributed by atoms with Gasteiger partial charge in [0.2, 0.25) is 10.0 Å². The molecule has 1 aromatic heterocycles. The summed E-state index contributed by atoms with van der Waals surface area (Å²) in [4.78, 5) is 0.214. The molecule has 0 bridgehead atoms. The third-order valence-corrected chi connectivity index (χ3v) is 9.05. The Balaban J connectivity index is 1.47. The molecule has 1 aliphatic carbocycles. The molecule has 5 rings (SSSR count). The molecule has 0 saturated heterocycles. The fraction of sp³-hybridized carbons (Fsp3) is 0.333. The molecular weight excluding hydrogens is 468 g/mol. The summed E-state index contributed by atoms with van der Waals surface area (Å²) in [7, 11) is -3.77. The van der Waals surface area contributed by atoms with Gasteiger partial charge in [-0.1, -0.05) is 67.3 Å². The van der Waals surface area contributed by atoms with Crippen LogP contribution >= 0.6 is 11.6 Å². The van der Waals surface area contributed by atoms with E-state index in [0.29, 0.717) is 11.6 Å². The molecular formula is C27H29ClN2O3S. The van der Waals surface area contributed by atoms with Crippen LogP contribution in [0.15, 0.2) is 77.7 Å². The van der Waals surface area contributed by atoms with Crippen molar-refractivity contribution in [2.24, 2.45) is 0 Å². The zero-order valence-electron chi connectivity index (χ0n) is 19.0. The highest BCUT2D eigenvalue weighted by Crippen LogP contribution is 2.31. The highest BCUT2D eigenvalue weighted by atomic mass is 35.5. The molecule has 178 valence electrons. The van der Waals surface area contributed by atoms with Gasteiger partial charge in [-0.3, -0.25) is 0 Å². The van der Waals surface area contributed by atoms with Crippen LogP contribution in [0.2, 0.25) is 5.02 Å². The summed E-state index contributed by atoms with van der Waals surface area (Å²) < 4.78 is 31.0. The van der Waals surface area contributed by atoms with Crippen molar-refractivity contribution in [3.8, 4) is 0 Å². The quantitative estimate of drug-likeness (QED) is 0.350. The van der Waals surface area contributed by atoms with Crippen molar-refractivity contribution in [2.45, 2.75) is 55.7 Å². The second kappa shape index (κ2) is 9.70. The van der Waals surface area contributed by atoms with Crippen molar-refractivity contribution in [1.82, 2.24) is 8.87 Å². The van der Waals surface area contributed by atoms with Crippen LogP contribution in [0.5, 0.6) is 0 Å². The second-order valence-electron chi connectivity index (χ2n) is 9.12. The number of nitrogens with zero attached hydrogens (tertiary/aromatic N) is 2. The summed E-state index contributed by atoms with van der Waals surface area (Å²) in [5.74, 6) is 0. The molecule has 4 aromatic rings. The predicted octanol–water partition coefficient (Wildman–Crippen LogP) is 5.83. The minimum Gasteiger partial charge on any atom is -0.390 e. The van der Waals surface area contributed by atoms with Gasteiger partial charge in [-0.15, -0.1) is 0 Å². The number of halogens is 1. The van der Waals surface area contributed by atoms with E-state index in [2.05, 4.69) is 16.7 Å². The third-order valence-electron chi connectivity index (χ3n) is 6.87. The maximum atomic E-state index is 13.7. The van der Waals surface area contributed by atoms with Crippen molar-refractivity contribution in [2.75, 3.05) is 6.54 Å². The van der Waals surface area contributed by atoms with Crippen LogP contribution in [0.25, 0.3) is 21.8 Å². The Labute approximate surface area is 205 Å². The molecule has 0 radical (unpaired) electrons. The maximum Gasteiger partial charge on any atom is 0.243 e. The van der Waals surface area contributed by atoms with Gasteiger partial charge >= 0.3 is 0 Å². The number of rotatable bonds is 7. The first kappa shape index (κ1) is 23.4. The fourth-order valence-electron chi connectivity index (χ4n) is 5.23. The van der Waals surface area contributed by atoms with E-state index in [9.17, 15) is 13.5 Å². The highest BCUT2D eigenvalue weighted by Gasteiger charge is 2.34. The molecule has 1 fully saturated rings. The van der Waals surface area contributed by atoms with E-state index in [4.69, 9.17) is 11.6 Å². The molecule has 3 aromatic carbocycles. The van der Waals surface area contributed by atoms with Crippen molar-refractivity contribution in [1.29, 1.82) is 0 Å². The Morgan fingerprint density at radius 3 is 2.03 bits per heavy atom. The summed E-state index contributed by atoms with van der Waals surface area (Å²) in [5, 5.41) is 14.0. The fourth-order valence-corrected chi connectivity index (χ4v) is 7.08. The number of para-hydroxylation sites is 2. The van der Waals surface area contributed by atoms with Crippen LogP contribution in [0.3, 0.4) is 0 Å². The van der Waals surface area contributed by atoms with Gasteiger partial charge in [-0.25, -0.2) is 8.42 Å². The Hall–Kier alpha value is -2.38. The lowest BCUT2D eigenvalue weighted by Gasteiger charge is -2.34. The van der Waals surface area contributed by atoms with E-state index in [-0.39, 0.29) is 17.5 Å². The predicted molar refractivity (Wildman–Crippen MR) is 138 cm³/mol. The average molecular weight is 497 g/mol. The van der Waals surface area contributed by atoms with Gasteiger partial charge in [0.05, 0.1) is 17.5 Å². The topological polar surface area (TPSA) is 62.5 Å². The first-order valence-electron chi connectivity index (χ1n) is 11.9. The highest BCUT2D eigenvalue weighted by molar-refractivity contribution is 7.89. The molecule has 1 N–H and O–H groups in total.